The summed E-state index contributed by atoms with van der Waals surface area (Å²) in [5, 5.41) is 16.7. The second-order valence-electron chi connectivity index (χ2n) is 9.16. The van der Waals surface area contributed by atoms with E-state index in [4.69, 9.17) is 4.74 Å². The van der Waals surface area contributed by atoms with Crippen molar-refractivity contribution in [1.82, 2.24) is 10.2 Å². The maximum absolute atomic E-state index is 13.8. The summed E-state index contributed by atoms with van der Waals surface area (Å²) in [6.07, 6.45) is -1.02. The summed E-state index contributed by atoms with van der Waals surface area (Å²) in [5.41, 5.74) is 2.02. The first-order valence-corrected chi connectivity index (χ1v) is 14.3. The third-order valence-corrected chi connectivity index (χ3v) is 8.74. The van der Waals surface area contributed by atoms with Crippen molar-refractivity contribution in [3.8, 4) is 0 Å². The van der Waals surface area contributed by atoms with Crippen molar-refractivity contribution in [2.24, 2.45) is 0 Å². The van der Waals surface area contributed by atoms with Gasteiger partial charge in [0.15, 0.2) is 12.1 Å². The number of fused-ring (bicyclic) bond motifs is 1. The lowest BCUT2D eigenvalue weighted by Gasteiger charge is -2.52. The molecule has 196 valence electrons. The molecule has 0 aliphatic carbocycles. The third kappa shape index (κ3) is 5.27. The maximum Gasteiger partial charge on any atom is 0.334 e. The van der Waals surface area contributed by atoms with E-state index in [0.717, 1.165) is 16.0 Å². The van der Waals surface area contributed by atoms with E-state index in [2.05, 4.69) is 5.32 Å². The Bertz CT molecular complexity index is 1270. The third-order valence-electron chi connectivity index (χ3n) is 6.68. The zero-order valence-corrected chi connectivity index (χ0v) is 22.4. The molecule has 7 nitrogen and oxygen atoms in total. The summed E-state index contributed by atoms with van der Waals surface area (Å²) >= 11 is 2.80. The van der Waals surface area contributed by atoms with Crippen molar-refractivity contribution < 1.29 is 24.2 Å². The van der Waals surface area contributed by atoms with Gasteiger partial charge in [0.1, 0.15) is 11.4 Å². The van der Waals surface area contributed by atoms with Gasteiger partial charge in [-0.2, -0.15) is 0 Å². The fraction of sp³-hybridized carbons (Fsp3) is 0.276. The monoisotopic (exact) mass is 548 g/mol. The fourth-order valence-corrected chi connectivity index (χ4v) is 6.70. The first-order valence-electron chi connectivity index (χ1n) is 12.5. The molecule has 0 spiro atoms. The van der Waals surface area contributed by atoms with Crippen molar-refractivity contribution >= 4 is 40.9 Å². The SMILES string of the molecule is CCC(O)C1=CS[C@H]2C(NC(=O)Cc3cccs3)C(=O)N2C1C(=O)OC(c1ccccc1)c1ccccc1. The van der Waals surface area contributed by atoms with Crippen LogP contribution in [-0.2, 0) is 25.5 Å². The zero-order valence-electron chi connectivity index (χ0n) is 20.7. The molecule has 2 aromatic carbocycles. The molecule has 0 bridgehead atoms. The number of carbonyl (C=O) groups excluding carboxylic acids is 3. The zero-order chi connectivity index (χ0) is 26.6. The fourth-order valence-electron chi connectivity index (χ4n) is 4.72. The number of benzene rings is 2. The molecule has 2 aliphatic heterocycles. The number of aliphatic hydroxyl groups is 1. The number of thioether (sulfide) groups is 1. The molecule has 2 N–H and O–H groups in total. The van der Waals surface area contributed by atoms with Crippen LogP contribution >= 0.6 is 23.1 Å². The van der Waals surface area contributed by atoms with Gasteiger partial charge in [0.2, 0.25) is 11.8 Å². The highest BCUT2D eigenvalue weighted by atomic mass is 32.2. The van der Waals surface area contributed by atoms with Gasteiger partial charge in [-0.3, -0.25) is 9.59 Å². The van der Waals surface area contributed by atoms with Crippen LogP contribution in [0.2, 0.25) is 0 Å². The summed E-state index contributed by atoms with van der Waals surface area (Å²) in [7, 11) is 0. The van der Waals surface area contributed by atoms with Crippen molar-refractivity contribution in [2.45, 2.75) is 49.4 Å². The first kappa shape index (κ1) is 26.2. The molecule has 0 radical (unpaired) electrons. The van der Waals surface area contributed by atoms with Crippen LogP contribution in [0.4, 0.5) is 0 Å². The van der Waals surface area contributed by atoms with Crippen LogP contribution in [-0.4, -0.2) is 51.4 Å². The van der Waals surface area contributed by atoms with Gasteiger partial charge in [-0.15, -0.1) is 23.1 Å². The standard InChI is InChI=1S/C29H28N2O5S2/c1-2-22(32)21-17-38-28-24(30-23(33)16-20-14-9-15-37-20)27(34)31(28)25(21)29(35)36-26(18-10-5-3-6-11-18)19-12-7-4-8-13-19/h3-15,17,22,24-26,28,32H,2,16H2,1H3,(H,30,33)/t22?,24?,25?,28-/m0/s1. The van der Waals surface area contributed by atoms with Crippen LogP contribution < -0.4 is 5.32 Å². The predicted octanol–water partition coefficient (Wildman–Crippen LogP) is 4.05. The van der Waals surface area contributed by atoms with Crippen molar-refractivity contribution in [1.29, 1.82) is 0 Å². The molecule has 2 amide bonds. The Hall–Kier alpha value is -3.40. The summed E-state index contributed by atoms with van der Waals surface area (Å²) in [6, 6.07) is 20.7. The molecular weight excluding hydrogens is 520 g/mol. The Morgan fingerprint density at radius 1 is 1.03 bits per heavy atom. The molecule has 3 heterocycles. The minimum atomic E-state index is -1.08. The summed E-state index contributed by atoms with van der Waals surface area (Å²) < 4.78 is 6.09. The lowest BCUT2D eigenvalue weighted by atomic mass is 9.93. The van der Waals surface area contributed by atoms with E-state index in [9.17, 15) is 19.5 Å². The summed E-state index contributed by atoms with van der Waals surface area (Å²) in [4.78, 5) is 42.1. The number of nitrogens with zero attached hydrogens (tertiary/aromatic N) is 1. The molecule has 3 unspecified atom stereocenters. The van der Waals surface area contributed by atoms with Crippen LogP contribution in [0.3, 0.4) is 0 Å². The molecule has 1 saturated heterocycles. The number of hydrogen-bond donors (Lipinski definition) is 2. The molecular formula is C29H28N2O5S2. The second-order valence-corrected chi connectivity index (χ2v) is 11.2. The summed E-state index contributed by atoms with van der Waals surface area (Å²) in [5.74, 6) is -1.24. The number of esters is 1. The van der Waals surface area contributed by atoms with Crippen LogP contribution in [0.15, 0.2) is 89.2 Å². The van der Waals surface area contributed by atoms with E-state index in [1.54, 1.807) is 5.41 Å². The summed E-state index contributed by atoms with van der Waals surface area (Å²) in [6.45, 7) is 1.81. The van der Waals surface area contributed by atoms with Crippen LogP contribution in [0.25, 0.3) is 0 Å². The minimum Gasteiger partial charge on any atom is -0.451 e. The normalized spacial score (nSPS) is 21.2. The van der Waals surface area contributed by atoms with E-state index in [1.165, 1.54) is 28.0 Å². The molecule has 5 rings (SSSR count). The average molecular weight is 549 g/mol. The van der Waals surface area contributed by atoms with Crippen LogP contribution in [0.1, 0.15) is 35.5 Å². The quantitative estimate of drug-likeness (QED) is 0.310. The van der Waals surface area contributed by atoms with Gasteiger partial charge in [0.25, 0.3) is 0 Å². The molecule has 0 saturated carbocycles. The maximum atomic E-state index is 13.8. The predicted molar refractivity (Wildman–Crippen MR) is 147 cm³/mol. The van der Waals surface area contributed by atoms with Crippen LogP contribution in [0, 0.1) is 0 Å². The number of rotatable bonds is 9. The first-order chi connectivity index (χ1) is 18.5. The number of ether oxygens (including phenoxy) is 1. The van der Waals surface area contributed by atoms with E-state index >= 15 is 0 Å². The Balaban J connectivity index is 1.39. The van der Waals surface area contributed by atoms with Gasteiger partial charge in [0.05, 0.1) is 12.5 Å². The van der Waals surface area contributed by atoms with Gasteiger partial charge in [-0.25, -0.2) is 4.79 Å². The highest BCUT2D eigenvalue weighted by Gasteiger charge is 2.57. The Kier molecular flexibility index (Phi) is 7.97. The van der Waals surface area contributed by atoms with Crippen molar-refractivity contribution in [3.63, 3.8) is 0 Å². The van der Waals surface area contributed by atoms with E-state index in [1.807, 2.05) is 85.1 Å². The Morgan fingerprint density at radius 2 is 1.68 bits per heavy atom. The Morgan fingerprint density at radius 3 is 2.26 bits per heavy atom. The smallest absolute Gasteiger partial charge is 0.334 e. The number of β-lactam (4-membered cyclic amide) rings is 1. The van der Waals surface area contributed by atoms with E-state index in [0.29, 0.717) is 12.0 Å². The van der Waals surface area contributed by atoms with Crippen molar-refractivity contribution in [2.75, 3.05) is 0 Å². The lowest BCUT2D eigenvalue weighted by Crippen LogP contribution is -2.74. The van der Waals surface area contributed by atoms with Crippen LogP contribution in [0.5, 0.6) is 0 Å². The van der Waals surface area contributed by atoms with Gasteiger partial charge < -0.3 is 20.1 Å². The second kappa shape index (κ2) is 11.6. The van der Waals surface area contributed by atoms with Gasteiger partial charge in [-0.1, -0.05) is 73.7 Å². The molecule has 3 aromatic rings. The number of amides is 2. The number of nitrogens with one attached hydrogen (secondary N) is 1. The lowest BCUT2D eigenvalue weighted by molar-refractivity contribution is -0.166. The molecule has 1 aromatic heterocycles. The number of carbonyl (C=O) groups is 3. The van der Waals surface area contributed by atoms with Gasteiger partial charge in [-0.05, 0) is 40.0 Å². The number of hydrogen-bond acceptors (Lipinski definition) is 7. The Labute approximate surface area is 229 Å². The molecule has 9 heteroatoms. The van der Waals surface area contributed by atoms with Gasteiger partial charge in [0, 0.05) is 4.88 Å². The molecule has 4 atom stereocenters. The molecule has 38 heavy (non-hydrogen) atoms. The average Bonchev–Trinajstić information content (AvgIpc) is 3.47. The highest BCUT2D eigenvalue weighted by molar-refractivity contribution is 8.03. The largest absolute Gasteiger partial charge is 0.451 e. The van der Waals surface area contributed by atoms with E-state index in [-0.39, 0.29) is 18.2 Å². The highest BCUT2D eigenvalue weighted by Crippen LogP contribution is 2.42. The number of aliphatic hydroxyl groups excluding tert-OH is 1. The molecule has 1 fully saturated rings. The van der Waals surface area contributed by atoms with E-state index < -0.39 is 35.6 Å². The topological polar surface area (TPSA) is 95.9 Å². The number of thiophene rings is 1. The van der Waals surface area contributed by atoms with Crippen molar-refractivity contribution in [3.05, 3.63) is 105 Å². The molecule has 2 aliphatic rings. The minimum absolute atomic E-state index is 0.190. The van der Waals surface area contributed by atoms with Gasteiger partial charge >= 0.3 is 5.97 Å².